The molecule has 1 aliphatic heterocycles. The van der Waals surface area contributed by atoms with E-state index in [1.165, 1.54) is 17.3 Å². The highest BCUT2D eigenvalue weighted by molar-refractivity contribution is 6.30. The van der Waals surface area contributed by atoms with Crippen LogP contribution in [-0.2, 0) is 15.1 Å². The number of furan rings is 1. The second-order valence-electron chi connectivity index (χ2n) is 9.66. The van der Waals surface area contributed by atoms with E-state index in [1.54, 1.807) is 43.5 Å². The zero-order valence-electron chi connectivity index (χ0n) is 20.8. The number of likely N-dealkylation sites (N-methyl/N-ethyl adjacent to an activating group) is 1. The van der Waals surface area contributed by atoms with Gasteiger partial charge < -0.3 is 19.7 Å². The van der Waals surface area contributed by atoms with Gasteiger partial charge in [0.15, 0.2) is 17.1 Å². The van der Waals surface area contributed by atoms with Crippen LogP contribution in [0.2, 0.25) is 5.02 Å². The number of aromatic nitrogens is 1. The summed E-state index contributed by atoms with van der Waals surface area (Å²) in [5.41, 5.74) is -0.294. The van der Waals surface area contributed by atoms with Gasteiger partial charge in [-0.3, -0.25) is 19.4 Å². The zero-order valence-corrected chi connectivity index (χ0v) is 21.6. The van der Waals surface area contributed by atoms with E-state index in [0.29, 0.717) is 27.3 Å². The lowest BCUT2D eigenvalue weighted by molar-refractivity contribution is -0.137. The Morgan fingerprint density at radius 3 is 2.63 bits per heavy atom. The average molecular weight is 535 g/mol. The first kappa shape index (κ1) is 25.7. The summed E-state index contributed by atoms with van der Waals surface area (Å²) in [6.07, 6.45) is 9.00. The summed E-state index contributed by atoms with van der Waals surface area (Å²) in [5.74, 6) is -1.75. The number of aliphatic imine (C=N–C) groups is 1. The molecule has 0 bridgehead atoms. The van der Waals surface area contributed by atoms with Gasteiger partial charge >= 0.3 is 5.97 Å². The standard InChI is InChI=1S/C28H27ClN4O5/c1-33(16-23(34)35)19-13-28(31-15-19,26(36)17-7-3-2-4-8-17)24-20-9-5-6-10-21(20)38-25(24)27(37)32-22-12-11-18(29)14-30-22/h5-6,9-15,17H,2-4,7-8,16H2,1H3,(H,34,35)(H,30,32,37). The van der Waals surface area contributed by atoms with Crippen molar-refractivity contribution in [2.24, 2.45) is 10.9 Å². The number of carbonyl (C=O) groups is 3. The van der Waals surface area contributed by atoms with Crippen molar-refractivity contribution in [3.8, 4) is 0 Å². The number of allylic oxidation sites excluding steroid dienone is 1. The van der Waals surface area contributed by atoms with Gasteiger partial charge in [-0.05, 0) is 37.1 Å². The molecule has 196 valence electrons. The number of rotatable bonds is 8. The number of para-hydroxylation sites is 1. The van der Waals surface area contributed by atoms with Crippen LogP contribution in [0.3, 0.4) is 0 Å². The molecule has 1 atom stereocenters. The maximum Gasteiger partial charge on any atom is 0.323 e. The molecule has 0 spiro atoms. The molecule has 2 aliphatic rings. The lowest BCUT2D eigenvalue weighted by atomic mass is 9.74. The molecule has 3 aromatic rings. The molecule has 1 saturated carbocycles. The van der Waals surface area contributed by atoms with Crippen LogP contribution in [0.1, 0.15) is 48.2 Å². The Hall–Kier alpha value is -3.98. The summed E-state index contributed by atoms with van der Waals surface area (Å²) in [6.45, 7) is -0.271. The average Bonchev–Trinajstić information content (AvgIpc) is 3.53. The second-order valence-corrected chi connectivity index (χ2v) is 10.1. The molecule has 0 radical (unpaired) electrons. The summed E-state index contributed by atoms with van der Waals surface area (Å²) in [7, 11) is 1.63. The molecule has 9 nitrogen and oxygen atoms in total. The number of hydrogen-bond acceptors (Lipinski definition) is 7. The second kappa shape index (κ2) is 10.4. The lowest BCUT2D eigenvalue weighted by Crippen LogP contribution is -2.38. The van der Waals surface area contributed by atoms with Crippen molar-refractivity contribution in [1.82, 2.24) is 9.88 Å². The number of carboxylic acids is 1. The number of carbonyl (C=O) groups excluding carboxylic acids is 2. The molecule has 10 heteroatoms. The monoisotopic (exact) mass is 534 g/mol. The fraction of sp³-hybridized carbons (Fsp3) is 0.321. The van der Waals surface area contributed by atoms with E-state index in [-0.39, 0.29) is 29.8 Å². The number of anilines is 1. The van der Waals surface area contributed by atoms with Crippen LogP contribution in [0.4, 0.5) is 5.82 Å². The Balaban J connectivity index is 1.66. The van der Waals surface area contributed by atoms with Crippen molar-refractivity contribution < 1.29 is 23.9 Å². The van der Waals surface area contributed by atoms with E-state index >= 15 is 0 Å². The highest BCUT2D eigenvalue weighted by atomic mass is 35.5. The van der Waals surface area contributed by atoms with E-state index in [4.69, 9.17) is 21.0 Å². The summed E-state index contributed by atoms with van der Waals surface area (Å²) in [5, 5.41) is 13.1. The zero-order chi connectivity index (χ0) is 26.9. The number of hydrogen-bond donors (Lipinski definition) is 2. The van der Waals surface area contributed by atoms with Gasteiger partial charge in [0.25, 0.3) is 5.91 Å². The SMILES string of the molecule is CN(CC(=O)O)C1=CC(C(=O)C2CCCCC2)(c2c(C(=O)Nc3ccc(Cl)cn3)oc3ccccc23)N=C1. The van der Waals surface area contributed by atoms with Gasteiger partial charge in [0, 0.05) is 30.8 Å². The van der Waals surface area contributed by atoms with Gasteiger partial charge in [0.05, 0.1) is 16.3 Å². The number of halogens is 1. The molecule has 1 amide bonds. The van der Waals surface area contributed by atoms with E-state index in [1.807, 2.05) is 6.07 Å². The number of amides is 1. The summed E-state index contributed by atoms with van der Waals surface area (Å²) >= 11 is 5.93. The Labute approximate surface area is 224 Å². The number of nitrogens with one attached hydrogen (secondary N) is 1. The Morgan fingerprint density at radius 2 is 1.92 bits per heavy atom. The quantitative estimate of drug-likeness (QED) is 0.413. The predicted molar refractivity (Wildman–Crippen MR) is 144 cm³/mol. The first-order valence-electron chi connectivity index (χ1n) is 12.5. The maximum atomic E-state index is 14.3. The van der Waals surface area contributed by atoms with Crippen LogP contribution >= 0.6 is 11.6 Å². The fourth-order valence-corrected chi connectivity index (χ4v) is 5.35. The van der Waals surface area contributed by atoms with Crippen LogP contribution in [-0.4, -0.2) is 52.5 Å². The van der Waals surface area contributed by atoms with Crippen molar-refractivity contribution >= 4 is 52.3 Å². The highest BCUT2D eigenvalue weighted by Gasteiger charge is 2.49. The summed E-state index contributed by atoms with van der Waals surface area (Å²) in [4.78, 5) is 49.7. The molecule has 2 N–H and O–H groups in total. The molecule has 3 heterocycles. The van der Waals surface area contributed by atoms with Gasteiger partial charge in [0.1, 0.15) is 17.9 Å². The Bertz CT molecular complexity index is 1460. The molecule has 5 rings (SSSR count). The maximum absolute atomic E-state index is 14.3. The molecule has 2 aromatic heterocycles. The van der Waals surface area contributed by atoms with Gasteiger partial charge in [0.2, 0.25) is 0 Å². The molecule has 1 aliphatic carbocycles. The predicted octanol–water partition coefficient (Wildman–Crippen LogP) is 5.06. The lowest BCUT2D eigenvalue weighted by Gasteiger charge is -2.30. The molecular weight excluding hydrogens is 508 g/mol. The minimum Gasteiger partial charge on any atom is -0.480 e. The van der Waals surface area contributed by atoms with Crippen molar-refractivity contribution in [2.45, 2.75) is 37.6 Å². The number of aliphatic carboxylic acids is 1. The number of ketones is 1. The molecule has 1 fully saturated rings. The molecular formula is C28H27ClN4O5. The Kier molecular flexibility index (Phi) is 7.03. The summed E-state index contributed by atoms with van der Waals surface area (Å²) < 4.78 is 6.06. The minimum absolute atomic E-state index is 0.0531. The third-order valence-corrected chi connectivity index (χ3v) is 7.30. The number of Topliss-reactive ketones (excluding diaryl/α,β-unsaturated/α-hetero) is 1. The summed E-state index contributed by atoms with van der Waals surface area (Å²) in [6, 6.07) is 10.3. The van der Waals surface area contributed by atoms with Crippen molar-refractivity contribution in [3.63, 3.8) is 0 Å². The van der Waals surface area contributed by atoms with Gasteiger partial charge in [-0.25, -0.2) is 4.98 Å². The molecule has 38 heavy (non-hydrogen) atoms. The van der Waals surface area contributed by atoms with Gasteiger partial charge in [-0.1, -0.05) is 49.1 Å². The number of benzene rings is 1. The third kappa shape index (κ3) is 4.81. The van der Waals surface area contributed by atoms with Crippen molar-refractivity contribution in [3.05, 3.63) is 70.7 Å². The number of carboxylic acid groups (broad SMARTS) is 1. The molecule has 1 unspecified atom stereocenters. The van der Waals surface area contributed by atoms with Crippen LogP contribution in [0.25, 0.3) is 11.0 Å². The largest absolute Gasteiger partial charge is 0.480 e. The minimum atomic E-state index is -1.54. The third-order valence-electron chi connectivity index (χ3n) is 7.07. The normalized spacial score (nSPS) is 19.4. The molecule has 1 aromatic carbocycles. The number of nitrogens with zero attached hydrogens (tertiary/aromatic N) is 3. The smallest absolute Gasteiger partial charge is 0.323 e. The Morgan fingerprint density at radius 1 is 1.16 bits per heavy atom. The topological polar surface area (TPSA) is 125 Å². The highest BCUT2D eigenvalue weighted by Crippen LogP contribution is 2.45. The van der Waals surface area contributed by atoms with Gasteiger partial charge in [-0.2, -0.15) is 0 Å². The number of fused-ring (bicyclic) bond motifs is 1. The van der Waals surface area contributed by atoms with Crippen LogP contribution in [0, 0.1) is 5.92 Å². The van der Waals surface area contributed by atoms with Gasteiger partial charge in [-0.15, -0.1) is 0 Å². The molecule has 0 saturated heterocycles. The fourth-order valence-electron chi connectivity index (χ4n) is 5.24. The van der Waals surface area contributed by atoms with E-state index < -0.39 is 17.4 Å². The van der Waals surface area contributed by atoms with Crippen molar-refractivity contribution in [2.75, 3.05) is 18.9 Å². The van der Waals surface area contributed by atoms with Crippen LogP contribution in [0.5, 0.6) is 0 Å². The first-order chi connectivity index (χ1) is 18.3. The van der Waals surface area contributed by atoms with E-state index in [0.717, 1.165) is 32.1 Å². The first-order valence-corrected chi connectivity index (χ1v) is 12.9. The van der Waals surface area contributed by atoms with Crippen molar-refractivity contribution in [1.29, 1.82) is 0 Å². The van der Waals surface area contributed by atoms with Crippen LogP contribution in [0.15, 0.2) is 63.8 Å². The van der Waals surface area contributed by atoms with E-state index in [2.05, 4.69) is 10.3 Å². The van der Waals surface area contributed by atoms with E-state index in [9.17, 15) is 19.5 Å². The number of pyridine rings is 1. The van der Waals surface area contributed by atoms with Crippen LogP contribution < -0.4 is 5.32 Å².